The van der Waals surface area contributed by atoms with Crippen molar-refractivity contribution in [3.05, 3.63) is 59.7 Å². The molecule has 150 valence electrons. The number of aryl methyl sites for hydroxylation is 1. The normalized spacial score (nSPS) is 18.1. The smallest absolute Gasteiger partial charge is 0.254 e. The lowest BCUT2D eigenvalue weighted by atomic mass is 10.1. The Bertz CT molecular complexity index is 918. The van der Waals surface area contributed by atoms with Crippen LogP contribution in [-0.2, 0) is 22.6 Å². The maximum atomic E-state index is 12.4. The molecule has 0 saturated carbocycles. The molecule has 1 aromatic carbocycles. The fourth-order valence-electron chi connectivity index (χ4n) is 3.83. The molecule has 8 heteroatoms. The highest BCUT2D eigenvalue weighted by molar-refractivity contribution is 6.00. The standard InChI is InChI=1S/C21H23N5O3/c27-19(14-26-12-15-4-1-2-5-17(15)21(26)29)24-16-8-11-25(13-16)20(28)7-6-18-22-9-3-10-23-18/h1-5,9-10,16H,6-8,11-14H2,(H,24,27). The molecular weight excluding hydrogens is 370 g/mol. The number of rotatable bonds is 6. The van der Waals surface area contributed by atoms with Gasteiger partial charge in [0.25, 0.3) is 5.91 Å². The molecule has 1 unspecified atom stereocenters. The summed E-state index contributed by atoms with van der Waals surface area (Å²) in [5, 5.41) is 2.96. The van der Waals surface area contributed by atoms with Crippen LogP contribution in [0.25, 0.3) is 0 Å². The third kappa shape index (κ3) is 4.42. The summed E-state index contributed by atoms with van der Waals surface area (Å²) in [5.74, 6) is 0.394. The lowest BCUT2D eigenvalue weighted by Gasteiger charge is -2.19. The number of carbonyl (C=O) groups excluding carboxylic acids is 3. The Kier molecular flexibility index (Phi) is 5.50. The Labute approximate surface area is 168 Å². The number of nitrogens with zero attached hydrogens (tertiary/aromatic N) is 4. The average Bonchev–Trinajstić information content (AvgIpc) is 3.32. The molecule has 0 bridgehead atoms. The van der Waals surface area contributed by atoms with E-state index in [1.807, 2.05) is 18.2 Å². The van der Waals surface area contributed by atoms with Gasteiger partial charge in [0.15, 0.2) is 0 Å². The van der Waals surface area contributed by atoms with Crippen LogP contribution in [0, 0.1) is 0 Å². The van der Waals surface area contributed by atoms with Crippen LogP contribution in [0.4, 0.5) is 0 Å². The zero-order chi connectivity index (χ0) is 20.2. The highest BCUT2D eigenvalue weighted by Gasteiger charge is 2.31. The minimum atomic E-state index is -0.192. The minimum absolute atomic E-state index is 0.0311. The van der Waals surface area contributed by atoms with Crippen LogP contribution in [0.15, 0.2) is 42.7 Å². The van der Waals surface area contributed by atoms with E-state index in [0.717, 1.165) is 5.56 Å². The number of likely N-dealkylation sites (tertiary alicyclic amines) is 1. The van der Waals surface area contributed by atoms with Crippen molar-refractivity contribution < 1.29 is 14.4 Å². The van der Waals surface area contributed by atoms with Gasteiger partial charge >= 0.3 is 0 Å². The summed E-state index contributed by atoms with van der Waals surface area (Å²) in [5.41, 5.74) is 1.62. The first-order valence-electron chi connectivity index (χ1n) is 9.80. The monoisotopic (exact) mass is 393 g/mol. The maximum Gasteiger partial charge on any atom is 0.254 e. The second-order valence-electron chi connectivity index (χ2n) is 7.38. The number of carbonyl (C=O) groups is 3. The predicted molar refractivity (Wildman–Crippen MR) is 105 cm³/mol. The van der Waals surface area contributed by atoms with E-state index in [1.165, 1.54) is 0 Å². The van der Waals surface area contributed by atoms with E-state index < -0.39 is 0 Å². The van der Waals surface area contributed by atoms with E-state index in [-0.39, 0.29) is 30.3 Å². The van der Waals surface area contributed by atoms with Crippen molar-refractivity contribution in [1.82, 2.24) is 25.1 Å². The number of amides is 3. The first-order chi connectivity index (χ1) is 14.1. The van der Waals surface area contributed by atoms with Gasteiger partial charge in [-0.3, -0.25) is 14.4 Å². The highest BCUT2D eigenvalue weighted by atomic mass is 16.2. The number of nitrogens with one attached hydrogen (secondary N) is 1. The van der Waals surface area contributed by atoms with Crippen LogP contribution in [-0.4, -0.2) is 63.2 Å². The Morgan fingerprint density at radius 3 is 2.72 bits per heavy atom. The van der Waals surface area contributed by atoms with Gasteiger partial charge in [0.05, 0.1) is 0 Å². The van der Waals surface area contributed by atoms with Gasteiger partial charge in [-0.25, -0.2) is 9.97 Å². The van der Waals surface area contributed by atoms with E-state index in [9.17, 15) is 14.4 Å². The number of benzene rings is 1. The summed E-state index contributed by atoms with van der Waals surface area (Å²) in [6.45, 7) is 1.60. The van der Waals surface area contributed by atoms with Crippen LogP contribution in [0.5, 0.6) is 0 Å². The second-order valence-corrected chi connectivity index (χ2v) is 7.38. The summed E-state index contributed by atoms with van der Waals surface area (Å²) < 4.78 is 0. The van der Waals surface area contributed by atoms with Crippen molar-refractivity contribution in [3.8, 4) is 0 Å². The van der Waals surface area contributed by atoms with Crippen LogP contribution in [0.1, 0.15) is 34.6 Å². The Morgan fingerprint density at radius 2 is 1.93 bits per heavy atom. The summed E-state index contributed by atoms with van der Waals surface area (Å²) in [6.07, 6.45) is 4.90. The molecule has 8 nitrogen and oxygen atoms in total. The van der Waals surface area contributed by atoms with Crippen LogP contribution in [0.2, 0.25) is 0 Å². The summed E-state index contributed by atoms with van der Waals surface area (Å²) in [4.78, 5) is 48.8. The molecule has 4 rings (SSSR count). The van der Waals surface area contributed by atoms with Crippen molar-refractivity contribution >= 4 is 17.7 Å². The van der Waals surface area contributed by atoms with E-state index in [0.29, 0.717) is 50.3 Å². The van der Waals surface area contributed by atoms with E-state index >= 15 is 0 Å². The molecule has 2 aliphatic heterocycles. The minimum Gasteiger partial charge on any atom is -0.350 e. The summed E-state index contributed by atoms with van der Waals surface area (Å²) in [6, 6.07) is 9.08. The fraction of sp³-hybridized carbons (Fsp3) is 0.381. The number of aromatic nitrogens is 2. The summed E-state index contributed by atoms with van der Waals surface area (Å²) >= 11 is 0. The van der Waals surface area contributed by atoms with Gasteiger partial charge in [-0.2, -0.15) is 0 Å². The molecule has 1 fully saturated rings. The molecular formula is C21H23N5O3. The highest BCUT2D eigenvalue weighted by Crippen LogP contribution is 2.21. The zero-order valence-corrected chi connectivity index (χ0v) is 16.1. The first-order valence-corrected chi connectivity index (χ1v) is 9.80. The van der Waals surface area contributed by atoms with E-state index in [4.69, 9.17) is 0 Å². The molecule has 1 aromatic heterocycles. The van der Waals surface area contributed by atoms with E-state index in [1.54, 1.807) is 34.3 Å². The third-order valence-corrected chi connectivity index (χ3v) is 5.32. The molecule has 0 spiro atoms. The van der Waals surface area contributed by atoms with Gasteiger partial charge in [0.1, 0.15) is 12.4 Å². The lowest BCUT2D eigenvalue weighted by Crippen LogP contribution is -2.43. The van der Waals surface area contributed by atoms with Crippen molar-refractivity contribution in [2.75, 3.05) is 19.6 Å². The zero-order valence-electron chi connectivity index (χ0n) is 16.1. The molecule has 1 saturated heterocycles. The number of fused-ring (bicyclic) bond motifs is 1. The van der Waals surface area contributed by atoms with Gasteiger partial charge in [0.2, 0.25) is 11.8 Å². The molecule has 29 heavy (non-hydrogen) atoms. The van der Waals surface area contributed by atoms with Gasteiger partial charge in [-0.05, 0) is 24.1 Å². The Hall–Kier alpha value is -3.29. The topological polar surface area (TPSA) is 95.5 Å². The third-order valence-electron chi connectivity index (χ3n) is 5.32. The molecule has 1 N–H and O–H groups in total. The molecule has 2 aliphatic rings. The van der Waals surface area contributed by atoms with Gasteiger partial charge in [0, 0.05) is 56.5 Å². The maximum absolute atomic E-state index is 12.4. The quantitative estimate of drug-likeness (QED) is 0.783. The SMILES string of the molecule is O=C(CN1Cc2ccccc2C1=O)NC1CCN(C(=O)CCc2ncccn2)C1. The molecule has 1 atom stereocenters. The fourth-order valence-corrected chi connectivity index (χ4v) is 3.83. The number of hydrogen-bond donors (Lipinski definition) is 1. The van der Waals surface area contributed by atoms with Crippen LogP contribution < -0.4 is 5.32 Å². The predicted octanol–water partition coefficient (Wildman–Crippen LogP) is 0.782. The van der Waals surface area contributed by atoms with Crippen molar-refractivity contribution in [3.63, 3.8) is 0 Å². The van der Waals surface area contributed by atoms with Crippen molar-refractivity contribution in [1.29, 1.82) is 0 Å². The second kappa shape index (κ2) is 8.38. The van der Waals surface area contributed by atoms with Gasteiger partial charge in [-0.1, -0.05) is 18.2 Å². The van der Waals surface area contributed by atoms with Crippen molar-refractivity contribution in [2.45, 2.75) is 31.8 Å². The molecule has 0 radical (unpaired) electrons. The van der Waals surface area contributed by atoms with Gasteiger partial charge in [-0.15, -0.1) is 0 Å². The van der Waals surface area contributed by atoms with Crippen molar-refractivity contribution in [2.24, 2.45) is 0 Å². The van der Waals surface area contributed by atoms with E-state index in [2.05, 4.69) is 15.3 Å². The summed E-state index contributed by atoms with van der Waals surface area (Å²) in [7, 11) is 0. The van der Waals surface area contributed by atoms with Crippen LogP contribution in [0.3, 0.4) is 0 Å². The Morgan fingerprint density at radius 1 is 1.14 bits per heavy atom. The number of hydrogen-bond acceptors (Lipinski definition) is 5. The molecule has 2 aromatic rings. The largest absolute Gasteiger partial charge is 0.350 e. The molecule has 3 amide bonds. The molecule has 3 heterocycles. The Balaban J connectivity index is 1.22. The average molecular weight is 393 g/mol. The van der Waals surface area contributed by atoms with Gasteiger partial charge < -0.3 is 15.1 Å². The van der Waals surface area contributed by atoms with Crippen LogP contribution >= 0.6 is 0 Å². The first kappa shape index (κ1) is 19.0. The molecule has 0 aliphatic carbocycles. The lowest BCUT2D eigenvalue weighted by molar-refractivity contribution is -0.130.